The van der Waals surface area contributed by atoms with Gasteiger partial charge in [-0.15, -0.1) is 13.2 Å². The lowest BCUT2D eigenvalue weighted by molar-refractivity contribution is -0.138. The van der Waals surface area contributed by atoms with Gasteiger partial charge in [0, 0.05) is 33.4 Å². The maximum atomic E-state index is 12.1. The van der Waals surface area contributed by atoms with E-state index < -0.39 is 11.7 Å². The van der Waals surface area contributed by atoms with Crippen molar-refractivity contribution >= 4 is 41.0 Å². The highest BCUT2D eigenvalue weighted by molar-refractivity contribution is 6.36. The first kappa shape index (κ1) is 67.9. The molecule has 2 rings (SSSR count). The second-order valence-corrected chi connectivity index (χ2v) is 17.0. The van der Waals surface area contributed by atoms with Crippen molar-refractivity contribution in [3.63, 3.8) is 0 Å². The highest BCUT2D eigenvalue weighted by atomic mass is 16.2. The summed E-state index contributed by atoms with van der Waals surface area (Å²) in [6.45, 7) is 27.5. The van der Waals surface area contributed by atoms with Crippen molar-refractivity contribution < 1.29 is 33.6 Å². The minimum absolute atomic E-state index is 0.0242. The number of Topliss-reactive ketones (excluding diaryl/α,β-unsaturated/α-hetero) is 3. The quantitative estimate of drug-likeness (QED) is 0.0814. The summed E-state index contributed by atoms with van der Waals surface area (Å²) in [6.07, 6.45) is 20.6. The zero-order chi connectivity index (χ0) is 49.6. The number of hydrogen-bond donors (Lipinski definition) is 3. The summed E-state index contributed by atoms with van der Waals surface area (Å²) in [7, 11) is 3.65. The molecule has 2 atom stereocenters. The molecule has 1 aliphatic carbocycles. The summed E-state index contributed by atoms with van der Waals surface area (Å²) >= 11 is 0. The number of ketones is 3. The number of rotatable bonds is 21. The third-order valence-corrected chi connectivity index (χ3v) is 9.60. The van der Waals surface area contributed by atoms with Crippen molar-refractivity contribution in [2.45, 2.75) is 198 Å². The molecular formula is C52H96N4O7. The van der Waals surface area contributed by atoms with E-state index in [9.17, 15) is 33.6 Å². The van der Waals surface area contributed by atoms with E-state index in [2.05, 4.69) is 72.3 Å². The highest BCUT2D eigenvalue weighted by Gasteiger charge is 2.21. The van der Waals surface area contributed by atoms with E-state index in [1.165, 1.54) is 65.7 Å². The van der Waals surface area contributed by atoms with Crippen LogP contribution in [-0.2, 0) is 33.6 Å². The Bertz CT molecular complexity index is 1270. The average molecular weight is 889 g/mol. The molecule has 4 N–H and O–H groups in total. The maximum absolute atomic E-state index is 12.1. The molecule has 4 amide bonds. The van der Waals surface area contributed by atoms with E-state index in [1.54, 1.807) is 4.90 Å². The lowest BCUT2D eigenvalue weighted by Crippen LogP contribution is -2.34. The number of unbranched alkanes of at least 4 members (excludes halogenated alkanes) is 3. The smallest absolute Gasteiger partial charge is 0.287 e. The average Bonchev–Trinajstić information content (AvgIpc) is 3.26. The molecule has 366 valence electrons. The Morgan fingerprint density at radius 2 is 1.06 bits per heavy atom. The number of carbonyl (C=O) groups excluding carboxylic acids is 7. The molecule has 1 aromatic carbocycles. The van der Waals surface area contributed by atoms with E-state index in [0.29, 0.717) is 12.3 Å². The first-order valence-electron chi connectivity index (χ1n) is 23.8. The van der Waals surface area contributed by atoms with E-state index in [1.807, 2.05) is 51.4 Å². The molecule has 0 heterocycles. The molecule has 0 spiro atoms. The third-order valence-electron chi connectivity index (χ3n) is 9.60. The molecule has 63 heavy (non-hydrogen) atoms. The normalized spacial score (nSPS) is 11.9. The van der Waals surface area contributed by atoms with Crippen LogP contribution < -0.4 is 16.4 Å². The molecule has 1 aromatic rings. The van der Waals surface area contributed by atoms with Gasteiger partial charge in [0.15, 0.2) is 0 Å². The number of amides is 4. The van der Waals surface area contributed by atoms with Crippen molar-refractivity contribution in [1.82, 2.24) is 15.5 Å². The summed E-state index contributed by atoms with van der Waals surface area (Å²) < 4.78 is 0. The molecule has 0 aliphatic heterocycles. The summed E-state index contributed by atoms with van der Waals surface area (Å²) in [5.41, 5.74) is 6.46. The van der Waals surface area contributed by atoms with Gasteiger partial charge in [-0.05, 0) is 56.9 Å². The number of primary amides is 1. The fourth-order valence-corrected chi connectivity index (χ4v) is 5.32. The standard InChI is InChI=1S/C14H21NO.C11H23NO.C9H15NO3.C6H12.C5H9NO2.C5H12.C2H4/c1-4-5-11-13(14(16)15(2)3)12-9-7-6-8-10-12;1-4-5-6-10(11(12)13)8-7-9(2)3;1-3-4-5-8(12)9(13)10-6-7(2)11;1-2-4-6-5-3-1;1-4(7)3-6-5(2)8;1-4-5(2)3;1-2/h6-10,13H,4-5,11H2,1-3H3;9-10H,4-8H2,1-3H3,(H2,12,13);3-6H2,1-2H3,(H,10,13);1-6H2;3H2,1-2H3,(H,6,8);5H,4H2,1-3H3;1-2H2. The molecule has 1 aliphatic rings. The van der Waals surface area contributed by atoms with Gasteiger partial charge < -0.3 is 21.3 Å². The number of nitrogens with two attached hydrogens (primary N) is 1. The Labute approximate surface area is 386 Å². The van der Waals surface area contributed by atoms with Crippen molar-refractivity contribution in [2.24, 2.45) is 23.5 Å². The van der Waals surface area contributed by atoms with Gasteiger partial charge in [-0.2, -0.15) is 0 Å². The van der Waals surface area contributed by atoms with Crippen LogP contribution in [0.3, 0.4) is 0 Å². The van der Waals surface area contributed by atoms with Gasteiger partial charge in [-0.25, -0.2) is 0 Å². The molecule has 1 saturated carbocycles. The van der Waals surface area contributed by atoms with Crippen LogP contribution in [0.5, 0.6) is 0 Å². The number of nitrogens with one attached hydrogen (secondary N) is 2. The van der Waals surface area contributed by atoms with Crippen molar-refractivity contribution in [2.75, 3.05) is 27.2 Å². The topological polar surface area (TPSA) is 173 Å². The van der Waals surface area contributed by atoms with E-state index in [-0.39, 0.29) is 60.6 Å². The Morgan fingerprint density at radius 3 is 1.40 bits per heavy atom. The monoisotopic (exact) mass is 889 g/mol. The number of likely N-dealkylation sites (N-methyl/N-ethyl adjacent to an activating group) is 1. The third kappa shape index (κ3) is 52.1. The van der Waals surface area contributed by atoms with Crippen LogP contribution in [-0.4, -0.2) is 73.1 Å². The van der Waals surface area contributed by atoms with Crippen LogP contribution in [0.15, 0.2) is 43.5 Å². The molecular weight excluding hydrogens is 793 g/mol. The molecule has 0 radical (unpaired) electrons. The SMILES string of the molecule is C1CCCCC1.C=C.CC(=O)CNC(C)=O.CCC(C)C.CCCCC(=O)C(=O)NCC(C)=O.CCCCC(C(=O)N(C)C)c1ccccc1.CCCCC(CCC(C)C)C(N)=O. The lowest BCUT2D eigenvalue weighted by Gasteiger charge is -2.20. The van der Waals surface area contributed by atoms with Crippen molar-refractivity contribution in [3.8, 4) is 0 Å². The summed E-state index contributed by atoms with van der Waals surface area (Å²) in [5.74, 6) is 0.342. The number of hydrogen-bond acceptors (Lipinski definition) is 7. The zero-order valence-electron chi connectivity index (χ0n) is 42.6. The molecule has 0 saturated heterocycles. The van der Waals surface area contributed by atoms with Gasteiger partial charge in [-0.1, -0.05) is 169 Å². The first-order valence-corrected chi connectivity index (χ1v) is 23.8. The van der Waals surface area contributed by atoms with E-state index in [0.717, 1.165) is 69.3 Å². The minimum atomic E-state index is -0.649. The maximum Gasteiger partial charge on any atom is 0.287 e. The number of nitrogens with zero attached hydrogens (tertiary/aromatic N) is 1. The van der Waals surface area contributed by atoms with E-state index >= 15 is 0 Å². The van der Waals surface area contributed by atoms with Gasteiger partial charge in [0.1, 0.15) is 11.6 Å². The molecule has 2 unspecified atom stereocenters. The first-order chi connectivity index (χ1) is 29.7. The van der Waals surface area contributed by atoms with Gasteiger partial charge in [0.2, 0.25) is 23.5 Å². The van der Waals surface area contributed by atoms with Crippen LogP contribution in [0, 0.1) is 17.8 Å². The van der Waals surface area contributed by atoms with Crippen LogP contribution in [0.25, 0.3) is 0 Å². The Hall–Kier alpha value is -4.15. The van der Waals surface area contributed by atoms with Gasteiger partial charge in [0.25, 0.3) is 5.91 Å². The van der Waals surface area contributed by atoms with Gasteiger partial charge in [-0.3, -0.25) is 33.6 Å². The van der Waals surface area contributed by atoms with Gasteiger partial charge >= 0.3 is 0 Å². The fourth-order valence-electron chi connectivity index (χ4n) is 5.32. The summed E-state index contributed by atoms with van der Waals surface area (Å²) in [4.78, 5) is 77.4. The van der Waals surface area contributed by atoms with Crippen LogP contribution in [0.1, 0.15) is 203 Å². The second kappa shape index (κ2) is 48.9. The fraction of sp³-hybridized carbons (Fsp3) is 0.712. The lowest BCUT2D eigenvalue weighted by atomic mass is 9.92. The van der Waals surface area contributed by atoms with Crippen molar-refractivity contribution in [3.05, 3.63) is 49.1 Å². The Morgan fingerprint density at radius 1 is 0.635 bits per heavy atom. The molecule has 11 nitrogen and oxygen atoms in total. The van der Waals surface area contributed by atoms with Crippen molar-refractivity contribution in [1.29, 1.82) is 0 Å². The molecule has 0 bridgehead atoms. The van der Waals surface area contributed by atoms with Crippen LogP contribution >= 0.6 is 0 Å². The minimum Gasteiger partial charge on any atom is -0.369 e. The molecule has 1 fully saturated rings. The highest BCUT2D eigenvalue weighted by Crippen LogP contribution is 2.24. The molecule has 0 aromatic heterocycles. The Kier molecular flexibility index (Phi) is 52.7. The molecule has 11 heteroatoms. The van der Waals surface area contributed by atoms with Crippen LogP contribution in [0.2, 0.25) is 0 Å². The number of benzene rings is 1. The summed E-state index contributed by atoms with van der Waals surface area (Å²) in [5, 5.41) is 4.61. The number of carbonyl (C=O) groups is 7. The zero-order valence-corrected chi connectivity index (χ0v) is 42.6. The van der Waals surface area contributed by atoms with Gasteiger partial charge in [0.05, 0.1) is 19.0 Å². The predicted octanol–water partition coefficient (Wildman–Crippen LogP) is 11.1. The predicted molar refractivity (Wildman–Crippen MR) is 265 cm³/mol. The second-order valence-electron chi connectivity index (χ2n) is 17.0. The van der Waals surface area contributed by atoms with E-state index in [4.69, 9.17) is 5.73 Å². The largest absolute Gasteiger partial charge is 0.369 e. The summed E-state index contributed by atoms with van der Waals surface area (Å²) in [6, 6.07) is 10.1. The van der Waals surface area contributed by atoms with Crippen LogP contribution in [0.4, 0.5) is 0 Å². The Balaban J connectivity index is -0.000000220.